The predicted octanol–water partition coefficient (Wildman–Crippen LogP) is 3.15. The van der Waals surface area contributed by atoms with Crippen LogP contribution in [0.15, 0.2) is 0 Å². The molecule has 8 heavy (non-hydrogen) atoms. The van der Waals surface area contributed by atoms with E-state index in [2.05, 4.69) is 61.1 Å². The Hall–Kier alpha value is 1.94. The van der Waals surface area contributed by atoms with Crippen molar-refractivity contribution in [3.63, 3.8) is 0 Å². The Balaban J connectivity index is 2.44. The van der Waals surface area contributed by atoms with Gasteiger partial charge in [0.05, 0.1) is 0 Å². The van der Waals surface area contributed by atoms with E-state index < -0.39 is 0 Å². The second-order valence-corrected chi connectivity index (χ2v) is 6.27. The Labute approximate surface area is 85.6 Å². The summed E-state index contributed by atoms with van der Waals surface area (Å²) in [5.41, 5.74) is 0. The van der Waals surface area contributed by atoms with Crippen LogP contribution in [0.2, 0.25) is 0 Å². The van der Waals surface area contributed by atoms with Crippen LogP contribution in [0.4, 0.5) is 0 Å². The highest BCUT2D eigenvalue weighted by atomic mass is 127. The summed E-state index contributed by atoms with van der Waals surface area (Å²) in [7, 11) is 0. The third-order valence-electron chi connectivity index (χ3n) is 1.41. The van der Waals surface area contributed by atoms with Crippen LogP contribution < -0.4 is 0 Å². The minimum atomic E-state index is 0.782. The van der Waals surface area contributed by atoms with Crippen molar-refractivity contribution in [1.29, 1.82) is 0 Å². The van der Waals surface area contributed by atoms with Crippen LogP contribution in [0.25, 0.3) is 0 Å². The smallest absolute Gasteiger partial charge is 0.0353 e. The monoisotopic (exact) mass is 400 g/mol. The van der Waals surface area contributed by atoms with Crippen LogP contribution in [-0.2, 0) is 0 Å². The molecule has 0 heterocycles. The highest BCUT2D eigenvalue weighted by Crippen LogP contribution is 2.36. The Morgan fingerprint density at radius 2 is 1.88 bits per heavy atom. The highest BCUT2D eigenvalue weighted by molar-refractivity contribution is 14.1. The van der Waals surface area contributed by atoms with Crippen LogP contribution in [0.3, 0.4) is 0 Å². The highest BCUT2D eigenvalue weighted by Gasteiger charge is 2.29. The third kappa shape index (κ3) is 1.71. The second kappa shape index (κ2) is 3.37. The van der Waals surface area contributed by atoms with Gasteiger partial charge in [-0.1, -0.05) is 61.1 Å². The molecule has 0 aromatic heterocycles. The van der Waals surface area contributed by atoms with Gasteiger partial charge in [0.25, 0.3) is 0 Å². The number of hydrogen-bond acceptors (Lipinski definition) is 0. The third-order valence-corrected chi connectivity index (χ3v) is 7.93. The van der Waals surface area contributed by atoms with Crippen molar-refractivity contribution in [3.05, 3.63) is 0 Å². The molecular weight excluding hydrogens is 394 g/mol. The van der Waals surface area contributed by atoms with Crippen LogP contribution >= 0.6 is 61.1 Å². The molecule has 0 bridgehead atoms. The van der Waals surface area contributed by atoms with Crippen LogP contribution in [0, 0.1) is 0 Å². The maximum atomic E-state index is 3.63. The second-order valence-electron chi connectivity index (χ2n) is 2.05. The average molecular weight is 401 g/mol. The molecule has 0 radical (unpaired) electrons. The Morgan fingerprint density at radius 1 is 1.25 bits per heavy atom. The van der Waals surface area contributed by atoms with Crippen molar-refractivity contribution in [2.75, 3.05) is 0 Å². The summed E-state index contributed by atoms with van der Waals surface area (Å²) >= 11 is 8.70. The molecule has 48 valence electrons. The molecule has 0 nitrogen and oxygen atoms in total. The van der Waals surface area contributed by atoms with Crippen molar-refractivity contribution in [2.24, 2.45) is 0 Å². The largest absolute Gasteiger partial charge is 0.0879 e. The molecule has 0 spiro atoms. The van der Waals surface area contributed by atoms with Crippen molar-refractivity contribution < 1.29 is 0 Å². The fraction of sp³-hybridized carbons (Fsp3) is 1.00. The first-order chi connectivity index (χ1) is 3.72. The molecule has 0 N–H and O–H groups in total. The van der Waals surface area contributed by atoms with Gasteiger partial charge in [-0.3, -0.25) is 0 Å². The normalized spacial score (nSPS) is 47.6. The molecule has 0 saturated heterocycles. The molecule has 3 unspecified atom stereocenters. The summed E-state index contributed by atoms with van der Waals surface area (Å²) in [5, 5.41) is 0. The van der Waals surface area contributed by atoms with E-state index in [0.29, 0.717) is 0 Å². The molecule has 1 aliphatic rings. The molecule has 1 aliphatic carbocycles. The summed E-state index contributed by atoms with van der Waals surface area (Å²) in [6, 6.07) is 0. The molecule has 1 fully saturated rings. The SMILES string of the molecule is BrC1CCC(I)C1I. The fourth-order valence-corrected chi connectivity index (χ4v) is 3.65. The Kier molecular flexibility index (Phi) is 3.38. The number of halogens is 3. The minimum Gasteiger partial charge on any atom is -0.0879 e. The zero-order chi connectivity index (χ0) is 6.15. The standard InChI is InChI=1S/C5H7BrI2/c6-3-1-2-4(7)5(3)8/h3-5H,1-2H2. The van der Waals surface area contributed by atoms with Gasteiger partial charge in [0.1, 0.15) is 0 Å². The van der Waals surface area contributed by atoms with Crippen molar-refractivity contribution in [2.45, 2.75) is 25.5 Å². The van der Waals surface area contributed by atoms with E-state index in [1.165, 1.54) is 12.8 Å². The molecule has 0 amide bonds. The first-order valence-electron chi connectivity index (χ1n) is 2.64. The lowest BCUT2D eigenvalue weighted by molar-refractivity contribution is 0.919. The zero-order valence-corrected chi connectivity index (χ0v) is 10.2. The van der Waals surface area contributed by atoms with Gasteiger partial charge in [-0.05, 0) is 12.8 Å². The fourth-order valence-electron chi connectivity index (χ4n) is 0.863. The lowest BCUT2D eigenvalue weighted by Crippen LogP contribution is -2.11. The number of rotatable bonds is 0. The van der Waals surface area contributed by atoms with E-state index in [1.54, 1.807) is 0 Å². The topological polar surface area (TPSA) is 0 Å². The first kappa shape index (κ1) is 8.04. The van der Waals surface area contributed by atoms with Gasteiger partial charge in [0.2, 0.25) is 0 Å². The van der Waals surface area contributed by atoms with Gasteiger partial charge < -0.3 is 0 Å². The summed E-state index contributed by atoms with van der Waals surface area (Å²) in [4.78, 5) is 0.782. The lowest BCUT2D eigenvalue weighted by Gasteiger charge is -2.06. The maximum Gasteiger partial charge on any atom is 0.0353 e. The molecule has 0 aliphatic heterocycles. The number of alkyl halides is 3. The lowest BCUT2D eigenvalue weighted by atomic mass is 10.4. The summed E-state index contributed by atoms with van der Waals surface area (Å²) in [6.07, 6.45) is 2.76. The maximum absolute atomic E-state index is 3.63. The van der Waals surface area contributed by atoms with Crippen LogP contribution in [0.1, 0.15) is 12.8 Å². The van der Waals surface area contributed by atoms with Crippen molar-refractivity contribution in [1.82, 2.24) is 0 Å². The van der Waals surface area contributed by atoms with E-state index in [-0.39, 0.29) is 0 Å². The number of hydrogen-bond donors (Lipinski definition) is 0. The minimum absolute atomic E-state index is 0.782. The van der Waals surface area contributed by atoms with E-state index >= 15 is 0 Å². The quantitative estimate of drug-likeness (QED) is 0.433. The van der Waals surface area contributed by atoms with E-state index in [9.17, 15) is 0 Å². The molecular formula is C5H7BrI2. The van der Waals surface area contributed by atoms with Gasteiger partial charge in [-0.15, -0.1) is 0 Å². The van der Waals surface area contributed by atoms with Crippen LogP contribution in [-0.4, -0.2) is 12.7 Å². The summed E-state index contributed by atoms with van der Waals surface area (Å²) in [5.74, 6) is 0. The van der Waals surface area contributed by atoms with Gasteiger partial charge in [-0.25, -0.2) is 0 Å². The molecule has 0 aromatic carbocycles. The van der Waals surface area contributed by atoms with E-state index in [4.69, 9.17) is 0 Å². The molecule has 1 rings (SSSR count). The molecule has 0 aromatic rings. The predicted molar refractivity (Wildman–Crippen MR) is 57.6 cm³/mol. The Bertz CT molecular complexity index is 76.5. The van der Waals surface area contributed by atoms with Crippen molar-refractivity contribution in [3.8, 4) is 0 Å². The van der Waals surface area contributed by atoms with Crippen LogP contribution in [0.5, 0.6) is 0 Å². The van der Waals surface area contributed by atoms with Gasteiger partial charge in [0, 0.05) is 12.7 Å². The molecule has 1 saturated carbocycles. The van der Waals surface area contributed by atoms with E-state index in [1.807, 2.05) is 0 Å². The molecule has 3 atom stereocenters. The summed E-state index contributed by atoms with van der Waals surface area (Å²) < 4.78 is 1.76. The van der Waals surface area contributed by atoms with Gasteiger partial charge in [-0.2, -0.15) is 0 Å². The van der Waals surface area contributed by atoms with Gasteiger partial charge >= 0.3 is 0 Å². The molecule has 3 heteroatoms. The average Bonchev–Trinajstić information content (AvgIpc) is 1.98. The Morgan fingerprint density at radius 3 is 2.00 bits per heavy atom. The zero-order valence-electron chi connectivity index (χ0n) is 4.28. The summed E-state index contributed by atoms with van der Waals surface area (Å²) in [6.45, 7) is 0. The van der Waals surface area contributed by atoms with Crippen molar-refractivity contribution >= 4 is 61.1 Å². The van der Waals surface area contributed by atoms with E-state index in [0.717, 1.165) is 12.7 Å². The van der Waals surface area contributed by atoms with Gasteiger partial charge in [0.15, 0.2) is 0 Å². The first-order valence-corrected chi connectivity index (χ1v) is 6.04.